The van der Waals surface area contributed by atoms with Crippen LogP contribution in [0, 0.1) is 0 Å². The number of methoxy groups -OCH3 is 1. The van der Waals surface area contributed by atoms with Crippen molar-refractivity contribution in [3.05, 3.63) is 36.0 Å². The predicted molar refractivity (Wildman–Crippen MR) is 86.8 cm³/mol. The van der Waals surface area contributed by atoms with Crippen molar-refractivity contribution in [2.75, 3.05) is 32.1 Å². The van der Waals surface area contributed by atoms with Crippen LogP contribution < -0.4 is 10.2 Å². The molecule has 0 amide bonds. The van der Waals surface area contributed by atoms with Gasteiger partial charge in [-0.25, -0.2) is 4.98 Å². The standard InChI is InChI=1S/C17H23N3O/c1-18-11-14-10-13-6-3-4-8-16(13)17(19-14)20-9-5-7-15(12-20)21-2/h3-4,6,8,10,15,18H,5,7,9,11-12H2,1-2H3. The van der Waals surface area contributed by atoms with Gasteiger partial charge in [-0.15, -0.1) is 0 Å². The van der Waals surface area contributed by atoms with Gasteiger partial charge in [0.15, 0.2) is 0 Å². The Balaban J connectivity index is 2.02. The lowest BCUT2D eigenvalue weighted by molar-refractivity contribution is 0.0892. The summed E-state index contributed by atoms with van der Waals surface area (Å²) in [6.45, 7) is 2.77. The number of piperidine rings is 1. The molecule has 1 aliphatic rings. The molecule has 2 heterocycles. The molecule has 2 aromatic rings. The number of nitrogens with zero attached hydrogens (tertiary/aromatic N) is 2. The molecule has 0 saturated carbocycles. The van der Waals surface area contributed by atoms with Crippen LogP contribution in [0.4, 0.5) is 5.82 Å². The molecule has 3 rings (SSSR count). The third-order valence-electron chi connectivity index (χ3n) is 4.14. The largest absolute Gasteiger partial charge is 0.380 e. The lowest BCUT2D eigenvalue weighted by atomic mass is 10.1. The highest BCUT2D eigenvalue weighted by atomic mass is 16.5. The third-order valence-corrected chi connectivity index (χ3v) is 4.14. The molecule has 112 valence electrons. The SMILES string of the molecule is CNCc1cc2ccccc2c(N2CCCC(OC)C2)n1. The number of hydrogen-bond donors (Lipinski definition) is 1. The van der Waals surface area contributed by atoms with Crippen LogP contribution in [0.1, 0.15) is 18.5 Å². The van der Waals surface area contributed by atoms with Gasteiger partial charge in [0, 0.05) is 32.1 Å². The first-order valence-electron chi connectivity index (χ1n) is 7.63. The van der Waals surface area contributed by atoms with Crippen molar-refractivity contribution in [3.63, 3.8) is 0 Å². The quantitative estimate of drug-likeness (QED) is 0.937. The summed E-state index contributed by atoms with van der Waals surface area (Å²) in [7, 11) is 3.76. The molecule has 1 atom stereocenters. The van der Waals surface area contributed by atoms with E-state index in [2.05, 4.69) is 40.5 Å². The van der Waals surface area contributed by atoms with Gasteiger partial charge in [0.25, 0.3) is 0 Å². The minimum atomic E-state index is 0.312. The molecule has 1 unspecified atom stereocenters. The van der Waals surface area contributed by atoms with Gasteiger partial charge >= 0.3 is 0 Å². The predicted octanol–water partition coefficient (Wildman–Crippen LogP) is 2.57. The zero-order chi connectivity index (χ0) is 14.7. The van der Waals surface area contributed by atoms with Crippen LogP contribution in [-0.4, -0.2) is 38.3 Å². The maximum atomic E-state index is 5.55. The molecule has 1 fully saturated rings. The van der Waals surface area contributed by atoms with Crippen LogP contribution in [0.5, 0.6) is 0 Å². The van der Waals surface area contributed by atoms with E-state index in [1.165, 1.54) is 10.8 Å². The summed E-state index contributed by atoms with van der Waals surface area (Å²) >= 11 is 0. The Morgan fingerprint density at radius 1 is 1.38 bits per heavy atom. The Morgan fingerprint density at radius 3 is 3.05 bits per heavy atom. The highest BCUT2D eigenvalue weighted by Crippen LogP contribution is 2.28. The number of pyridine rings is 1. The van der Waals surface area contributed by atoms with E-state index >= 15 is 0 Å². The second-order valence-corrected chi connectivity index (χ2v) is 5.63. The molecule has 0 aliphatic carbocycles. The van der Waals surface area contributed by atoms with Crippen molar-refractivity contribution in [2.45, 2.75) is 25.5 Å². The number of anilines is 1. The van der Waals surface area contributed by atoms with Crippen molar-refractivity contribution >= 4 is 16.6 Å². The highest BCUT2D eigenvalue weighted by molar-refractivity contribution is 5.92. The number of benzene rings is 1. The Hall–Kier alpha value is -1.65. The molecule has 1 aromatic carbocycles. The lowest BCUT2D eigenvalue weighted by Gasteiger charge is -2.33. The van der Waals surface area contributed by atoms with E-state index in [0.29, 0.717) is 6.10 Å². The van der Waals surface area contributed by atoms with E-state index in [1.807, 2.05) is 7.05 Å². The Bertz CT molecular complexity index is 614. The van der Waals surface area contributed by atoms with E-state index in [9.17, 15) is 0 Å². The van der Waals surface area contributed by atoms with Crippen molar-refractivity contribution < 1.29 is 4.74 Å². The number of rotatable bonds is 4. The fraction of sp³-hybridized carbons (Fsp3) is 0.471. The fourth-order valence-electron chi connectivity index (χ4n) is 3.07. The van der Waals surface area contributed by atoms with Crippen molar-refractivity contribution in [2.24, 2.45) is 0 Å². The van der Waals surface area contributed by atoms with E-state index in [-0.39, 0.29) is 0 Å². The van der Waals surface area contributed by atoms with E-state index in [1.54, 1.807) is 7.11 Å². The molecule has 1 saturated heterocycles. The zero-order valence-corrected chi connectivity index (χ0v) is 12.8. The Labute approximate surface area is 126 Å². The van der Waals surface area contributed by atoms with E-state index in [0.717, 1.165) is 44.0 Å². The van der Waals surface area contributed by atoms with Crippen LogP contribution in [0.2, 0.25) is 0 Å². The molecule has 1 N–H and O–H groups in total. The van der Waals surface area contributed by atoms with Gasteiger partial charge in [-0.2, -0.15) is 0 Å². The summed E-state index contributed by atoms with van der Waals surface area (Å²) < 4.78 is 5.55. The second kappa shape index (κ2) is 6.41. The number of nitrogens with one attached hydrogen (secondary N) is 1. The summed E-state index contributed by atoms with van der Waals surface area (Å²) in [6.07, 6.45) is 2.61. The molecular formula is C17H23N3O. The molecule has 1 aliphatic heterocycles. The number of ether oxygens (including phenoxy) is 1. The first kappa shape index (κ1) is 14.3. The van der Waals surface area contributed by atoms with E-state index < -0.39 is 0 Å². The average Bonchev–Trinajstić information content (AvgIpc) is 2.54. The number of aromatic nitrogens is 1. The maximum absolute atomic E-state index is 5.55. The van der Waals surface area contributed by atoms with Crippen LogP contribution >= 0.6 is 0 Å². The summed E-state index contributed by atoms with van der Waals surface area (Å²) in [5.41, 5.74) is 1.09. The zero-order valence-electron chi connectivity index (χ0n) is 12.8. The first-order valence-corrected chi connectivity index (χ1v) is 7.63. The normalized spacial score (nSPS) is 19.1. The molecule has 4 nitrogen and oxygen atoms in total. The van der Waals surface area contributed by atoms with Crippen LogP contribution in [0.3, 0.4) is 0 Å². The van der Waals surface area contributed by atoms with Gasteiger partial charge in [0.1, 0.15) is 5.82 Å². The van der Waals surface area contributed by atoms with Gasteiger partial charge in [0.2, 0.25) is 0 Å². The van der Waals surface area contributed by atoms with Gasteiger partial charge in [-0.05, 0) is 31.3 Å². The van der Waals surface area contributed by atoms with Gasteiger partial charge in [-0.3, -0.25) is 0 Å². The summed E-state index contributed by atoms with van der Waals surface area (Å²) in [6, 6.07) is 10.7. The highest BCUT2D eigenvalue weighted by Gasteiger charge is 2.22. The number of fused-ring (bicyclic) bond motifs is 1. The molecule has 21 heavy (non-hydrogen) atoms. The van der Waals surface area contributed by atoms with Crippen molar-refractivity contribution in [1.29, 1.82) is 0 Å². The van der Waals surface area contributed by atoms with Crippen LogP contribution in [-0.2, 0) is 11.3 Å². The third kappa shape index (κ3) is 3.01. The van der Waals surface area contributed by atoms with Crippen LogP contribution in [0.15, 0.2) is 30.3 Å². The summed E-state index contributed by atoms with van der Waals surface area (Å²) in [5.74, 6) is 1.10. The molecule has 0 spiro atoms. The summed E-state index contributed by atoms with van der Waals surface area (Å²) in [4.78, 5) is 7.27. The second-order valence-electron chi connectivity index (χ2n) is 5.63. The van der Waals surface area contributed by atoms with Gasteiger partial charge in [-0.1, -0.05) is 24.3 Å². The minimum Gasteiger partial charge on any atom is -0.380 e. The van der Waals surface area contributed by atoms with Crippen molar-refractivity contribution in [3.8, 4) is 0 Å². The van der Waals surface area contributed by atoms with E-state index in [4.69, 9.17) is 9.72 Å². The first-order chi connectivity index (χ1) is 10.3. The monoisotopic (exact) mass is 285 g/mol. The number of hydrogen-bond acceptors (Lipinski definition) is 4. The minimum absolute atomic E-state index is 0.312. The van der Waals surface area contributed by atoms with Gasteiger partial charge < -0.3 is 15.0 Å². The Kier molecular flexibility index (Phi) is 4.36. The van der Waals surface area contributed by atoms with Crippen molar-refractivity contribution in [1.82, 2.24) is 10.3 Å². The van der Waals surface area contributed by atoms with Gasteiger partial charge in [0.05, 0.1) is 11.8 Å². The molecular weight excluding hydrogens is 262 g/mol. The molecule has 4 heteroatoms. The summed E-state index contributed by atoms with van der Waals surface area (Å²) in [5, 5.41) is 5.68. The average molecular weight is 285 g/mol. The molecule has 1 aromatic heterocycles. The Morgan fingerprint density at radius 2 is 2.24 bits per heavy atom. The van der Waals surface area contributed by atoms with Crippen LogP contribution in [0.25, 0.3) is 10.8 Å². The molecule has 0 bridgehead atoms. The smallest absolute Gasteiger partial charge is 0.136 e. The maximum Gasteiger partial charge on any atom is 0.136 e. The lowest BCUT2D eigenvalue weighted by Crippen LogP contribution is -2.40. The topological polar surface area (TPSA) is 37.4 Å². The molecule has 0 radical (unpaired) electrons. The fourth-order valence-corrected chi connectivity index (χ4v) is 3.07.